The van der Waals surface area contributed by atoms with Gasteiger partial charge < -0.3 is 9.64 Å². The highest BCUT2D eigenvalue weighted by Gasteiger charge is 2.37. The van der Waals surface area contributed by atoms with Gasteiger partial charge in [0, 0.05) is 24.7 Å². The van der Waals surface area contributed by atoms with E-state index in [1.165, 1.54) is 23.1 Å². The number of ether oxygens (including phenoxy) is 1. The summed E-state index contributed by atoms with van der Waals surface area (Å²) in [7, 11) is 0. The number of amidine groups is 1. The highest BCUT2D eigenvalue weighted by atomic mass is 19.4. The third-order valence-electron chi connectivity index (χ3n) is 3.73. The summed E-state index contributed by atoms with van der Waals surface area (Å²) >= 11 is 0. The molecule has 0 saturated carbocycles. The van der Waals surface area contributed by atoms with Gasteiger partial charge in [-0.25, -0.2) is 9.79 Å². The molecule has 8 heteroatoms. The lowest BCUT2D eigenvalue weighted by molar-refractivity contribution is -0.138. The number of rotatable bonds is 4. The van der Waals surface area contributed by atoms with E-state index in [0.29, 0.717) is 30.9 Å². The lowest BCUT2D eigenvalue weighted by Crippen LogP contribution is -2.27. The normalized spacial score (nSPS) is 16.7. The van der Waals surface area contributed by atoms with Gasteiger partial charge >= 0.3 is 12.1 Å². The van der Waals surface area contributed by atoms with Gasteiger partial charge in [0.2, 0.25) is 0 Å². The van der Waals surface area contributed by atoms with Gasteiger partial charge in [0.15, 0.2) is 0 Å². The molecule has 1 aromatic carbocycles. The van der Waals surface area contributed by atoms with Crippen LogP contribution in [0, 0.1) is 11.3 Å². The van der Waals surface area contributed by atoms with Crippen LogP contribution in [0.1, 0.15) is 37.8 Å². The number of allylic oxidation sites excluding steroid dienone is 1. The minimum Gasteiger partial charge on any atom is -0.463 e. The van der Waals surface area contributed by atoms with Gasteiger partial charge in [0.05, 0.1) is 29.5 Å². The van der Waals surface area contributed by atoms with Crippen molar-refractivity contribution in [1.29, 1.82) is 5.26 Å². The Morgan fingerprint density at radius 3 is 2.81 bits per heavy atom. The van der Waals surface area contributed by atoms with Gasteiger partial charge in [-0.2, -0.15) is 18.4 Å². The monoisotopic (exact) mass is 365 g/mol. The van der Waals surface area contributed by atoms with E-state index in [0.717, 1.165) is 6.07 Å². The van der Waals surface area contributed by atoms with Crippen molar-refractivity contribution in [1.82, 2.24) is 0 Å². The third kappa shape index (κ3) is 4.63. The molecule has 0 atom stereocenters. The van der Waals surface area contributed by atoms with Crippen molar-refractivity contribution in [3.63, 3.8) is 0 Å². The minimum absolute atomic E-state index is 0.0447. The van der Waals surface area contributed by atoms with Gasteiger partial charge in [0.25, 0.3) is 0 Å². The third-order valence-corrected chi connectivity index (χ3v) is 3.73. The molecule has 1 aliphatic heterocycles. The number of hydrogen-bond donors (Lipinski definition) is 0. The summed E-state index contributed by atoms with van der Waals surface area (Å²) in [6, 6.07) is 5.20. The van der Waals surface area contributed by atoms with E-state index in [1.807, 2.05) is 0 Å². The summed E-state index contributed by atoms with van der Waals surface area (Å²) in [5, 5.41) is 8.88. The summed E-state index contributed by atoms with van der Waals surface area (Å²) in [6.07, 6.45) is -2.25. The fraction of sp³-hybridized carbons (Fsp3) is 0.389. The first-order valence-corrected chi connectivity index (χ1v) is 8.07. The Balaban J connectivity index is 2.41. The lowest BCUT2D eigenvalue weighted by Gasteiger charge is -2.23. The van der Waals surface area contributed by atoms with E-state index < -0.39 is 17.7 Å². The van der Waals surface area contributed by atoms with E-state index in [4.69, 9.17) is 10.00 Å². The van der Waals surface area contributed by atoms with Crippen molar-refractivity contribution < 1.29 is 22.7 Å². The number of anilines is 1. The van der Waals surface area contributed by atoms with Crippen LogP contribution in [0.4, 0.5) is 18.9 Å². The van der Waals surface area contributed by atoms with E-state index in [-0.39, 0.29) is 17.9 Å². The number of benzene rings is 1. The van der Waals surface area contributed by atoms with Crippen molar-refractivity contribution in [3.8, 4) is 6.07 Å². The first kappa shape index (κ1) is 19.5. The quantitative estimate of drug-likeness (QED) is 0.597. The number of esters is 1. The molecule has 26 heavy (non-hydrogen) atoms. The number of halogens is 3. The van der Waals surface area contributed by atoms with Crippen molar-refractivity contribution >= 4 is 17.5 Å². The molecule has 5 nitrogen and oxygen atoms in total. The maximum Gasteiger partial charge on any atom is 0.418 e. The minimum atomic E-state index is -4.59. The fourth-order valence-corrected chi connectivity index (χ4v) is 2.69. The van der Waals surface area contributed by atoms with Gasteiger partial charge in [-0.3, -0.25) is 0 Å². The highest BCUT2D eigenvalue weighted by molar-refractivity contribution is 6.01. The number of hydrogen-bond acceptors (Lipinski definition) is 4. The Labute approximate surface area is 149 Å². The second-order valence-electron chi connectivity index (χ2n) is 5.66. The Morgan fingerprint density at radius 2 is 2.19 bits per heavy atom. The second kappa shape index (κ2) is 8.04. The molecule has 0 N–H and O–H groups in total. The lowest BCUT2D eigenvalue weighted by atomic mass is 10.1. The van der Waals surface area contributed by atoms with E-state index >= 15 is 0 Å². The zero-order chi connectivity index (χ0) is 19.3. The summed E-state index contributed by atoms with van der Waals surface area (Å²) in [5.74, 6) is -0.105. The Morgan fingerprint density at radius 1 is 1.46 bits per heavy atom. The molecule has 1 aliphatic rings. The van der Waals surface area contributed by atoms with Crippen molar-refractivity contribution in [2.75, 3.05) is 18.1 Å². The smallest absolute Gasteiger partial charge is 0.418 e. The maximum atomic E-state index is 13.4. The van der Waals surface area contributed by atoms with Crippen LogP contribution < -0.4 is 4.90 Å². The predicted octanol–water partition coefficient (Wildman–Crippen LogP) is 4.04. The molecule has 0 radical (unpaired) electrons. The van der Waals surface area contributed by atoms with Gasteiger partial charge in [-0.05, 0) is 38.5 Å². The molecule has 138 valence electrons. The molecular weight excluding hydrogens is 347 g/mol. The van der Waals surface area contributed by atoms with Crippen LogP contribution in [0.2, 0.25) is 0 Å². The molecule has 1 fully saturated rings. The van der Waals surface area contributed by atoms with Crippen LogP contribution in [-0.2, 0) is 15.7 Å². The van der Waals surface area contributed by atoms with Crippen LogP contribution in [0.3, 0.4) is 0 Å². The Kier molecular flexibility index (Phi) is 6.03. The molecule has 2 rings (SSSR count). The zero-order valence-electron chi connectivity index (χ0n) is 14.4. The molecule has 1 aromatic rings. The van der Waals surface area contributed by atoms with Crippen LogP contribution in [0.15, 0.2) is 35.0 Å². The van der Waals surface area contributed by atoms with Gasteiger partial charge in [-0.15, -0.1) is 0 Å². The second-order valence-corrected chi connectivity index (χ2v) is 5.66. The highest BCUT2D eigenvalue weighted by Crippen LogP contribution is 2.38. The molecule has 0 bridgehead atoms. The van der Waals surface area contributed by atoms with E-state index in [1.54, 1.807) is 19.9 Å². The van der Waals surface area contributed by atoms with Crippen LogP contribution in [0.25, 0.3) is 0 Å². The Hall–Kier alpha value is -2.82. The summed E-state index contributed by atoms with van der Waals surface area (Å²) < 4.78 is 45.0. The summed E-state index contributed by atoms with van der Waals surface area (Å²) in [6.45, 7) is 3.87. The van der Waals surface area contributed by atoms with E-state index in [9.17, 15) is 18.0 Å². The first-order chi connectivity index (χ1) is 12.3. The SMILES string of the molecule is CCOC(=O)/C=C(\C)N=C1CCCN1c1ccc(C#N)cc1C(F)(F)F. The number of carbonyl (C=O) groups excluding carboxylic acids is 1. The molecule has 1 heterocycles. The average molecular weight is 365 g/mol. The van der Waals surface area contributed by atoms with Gasteiger partial charge in [-0.1, -0.05) is 0 Å². The molecule has 0 amide bonds. The summed E-state index contributed by atoms with van der Waals surface area (Å²) in [4.78, 5) is 17.2. The average Bonchev–Trinajstić information content (AvgIpc) is 3.01. The zero-order valence-corrected chi connectivity index (χ0v) is 14.4. The number of carbonyl (C=O) groups is 1. The molecule has 1 saturated heterocycles. The standard InChI is InChI=1S/C18H18F3N3O2/c1-3-26-17(25)9-12(2)23-16-5-4-8-24(16)15-7-6-13(11-22)10-14(15)18(19,20)21/h6-7,9-10H,3-5,8H2,1-2H3/b12-9+,23-16?. The van der Waals surface area contributed by atoms with Crippen LogP contribution >= 0.6 is 0 Å². The molecule has 0 aromatic heterocycles. The van der Waals surface area contributed by atoms with Crippen LogP contribution in [-0.4, -0.2) is 25.0 Å². The first-order valence-electron chi connectivity index (χ1n) is 8.07. The number of nitriles is 1. The molecule has 0 aliphatic carbocycles. The van der Waals surface area contributed by atoms with Gasteiger partial charge in [0.1, 0.15) is 5.84 Å². The van der Waals surface area contributed by atoms with Crippen molar-refractivity contribution in [3.05, 3.63) is 41.1 Å². The predicted molar refractivity (Wildman–Crippen MR) is 90.6 cm³/mol. The maximum absolute atomic E-state index is 13.4. The molecular formula is C18H18F3N3O2. The molecule has 0 unspecified atom stereocenters. The number of aliphatic imine (C=N–C) groups is 1. The van der Waals surface area contributed by atoms with Crippen molar-refractivity contribution in [2.45, 2.75) is 32.9 Å². The van der Waals surface area contributed by atoms with Crippen LogP contribution in [0.5, 0.6) is 0 Å². The Bertz CT molecular complexity index is 792. The number of nitrogens with zero attached hydrogens (tertiary/aromatic N) is 3. The number of alkyl halides is 3. The van der Waals surface area contributed by atoms with Crippen molar-refractivity contribution in [2.24, 2.45) is 4.99 Å². The largest absolute Gasteiger partial charge is 0.463 e. The molecule has 0 spiro atoms. The summed E-state index contributed by atoms with van der Waals surface area (Å²) in [5.41, 5.74) is -0.625. The fourth-order valence-electron chi connectivity index (χ4n) is 2.69. The topological polar surface area (TPSA) is 65.7 Å². The van der Waals surface area contributed by atoms with E-state index in [2.05, 4.69) is 4.99 Å².